The van der Waals surface area contributed by atoms with E-state index in [1.54, 1.807) is 4.90 Å². The second kappa shape index (κ2) is 5.30. The van der Waals surface area contributed by atoms with Crippen molar-refractivity contribution in [1.29, 1.82) is 0 Å². The van der Waals surface area contributed by atoms with E-state index in [0.29, 0.717) is 24.5 Å². The number of carbonyl (C=O) groups excluding carboxylic acids is 1. The Labute approximate surface area is 108 Å². The number of piperidine rings is 1. The van der Waals surface area contributed by atoms with Crippen molar-refractivity contribution in [3.8, 4) is 0 Å². The quantitative estimate of drug-likeness (QED) is 0.843. The molecule has 0 spiro atoms. The van der Waals surface area contributed by atoms with Crippen molar-refractivity contribution in [3.05, 3.63) is 5.51 Å². The lowest BCUT2D eigenvalue weighted by molar-refractivity contribution is -0.143. The zero-order chi connectivity index (χ0) is 13.1. The number of likely N-dealkylation sites (tertiary alicyclic amines) is 1. The predicted octanol–water partition coefficient (Wildman–Crippen LogP) is 1.26. The number of aromatic nitrogens is 2. The molecule has 2 rings (SSSR count). The molecule has 2 heterocycles. The summed E-state index contributed by atoms with van der Waals surface area (Å²) >= 11 is 1.25. The summed E-state index contributed by atoms with van der Waals surface area (Å²) in [6.45, 7) is 2.30. The lowest BCUT2D eigenvalue weighted by atomic mass is 9.92. The highest BCUT2D eigenvalue weighted by molar-refractivity contribution is 7.13. The van der Waals surface area contributed by atoms with E-state index in [2.05, 4.69) is 15.5 Å². The fraction of sp³-hybridized carbons (Fsp3) is 0.600. The van der Waals surface area contributed by atoms with Crippen LogP contribution in [-0.4, -0.2) is 44.8 Å². The molecule has 1 saturated heterocycles. The van der Waals surface area contributed by atoms with Crippen LogP contribution < -0.4 is 5.32 Å². The first-order chi connectivity index (χ1) is 8.58. The molecule has 0 aliphatic carbocycles. The highest BCUT2D eigenvalue weighted by Crippen LogP contribution is 2.23. The Balaban J connectivity index is 1.94. The van der Waals surface area contributed by atoms with Gasteiger partial charge in [0.05, 0.1) is 5.92 Å². The van der Waals surface area contributed by atoms with Gasteiger partial charge in [-0.3, -0.25) is 10.1 Å². The molecule has 0 saturated carbocycles. The normalized spacial score (nSPS) is 23.7. The van der Waals surface area contributed by atoms with E-state index in [1.807, 2.05) is 6.92 Å². The molecule has 2 unspecified atom stereocenters. The summed E-state index contributed by atoms with van der Waals surface area (Å²) in [7, 11) is 0. The first-order valence-corrected chi connectivity index (χ1v) is 6.52. The summed E-state index contributed by atoms with van der Waals surface area (Å²) in [5, 5.41) is 19.4. The molecule has 7 nitrogen and oxygen atoms in total. The third-order valence-corrected chi connectivity index (χ3v) is 3.67. The maximum absolute atomic E-state index is 12.0. The van der Waals surface area contributed by atoms with Gasteiger partial charge in [0.1, 0.15) is 5.51 Å². The van der Waals surface area contributed by atoms with E-state index in [1.165, 1.54) is 16.8 Å². The zero-order valence-corrected chi connectivity index (χ0v) is 10.7. The van der Waals surface area contributed by atoms with Gasteiger partial charge in [0.25, 0.3) is 0 Å². The number of rotatable bonds is 2. The first-order valence-electron chi connectivity index (χ1n) is 5.64. The number of urea groups is 1. The molecule has 98 valence electrons. The minimum Gasteiger partial charge on any atom is -0.481 e. The molecule has 1 fully saturated rings. The van der Waals surface area contributed by atoms with E-state index in [0.717, 1.165) is 0 Å². The van der Waals surface area contributed by atoms with Crippen molar-refractivity contribution >= 4 is 28.5 Å². The average molecular weight is 270 g/mol. The SMILES string of the molecule is CC1CC(C(=O)O)CCN1C(=O)Nc1nncs1. The molecular formula is C10H14N4O3S. The number of aliphatic carboxylic acids is 1. The number of carbonyl (C=O) groups is 2. The van der Waals surface area contributed by atoms with Crippen molar-refractivity contribution in [2.24, 2.45) is 5.92 Å². The Morgan fingerprint density at radius 1 is 1.61 bits per heavy atom. The fourth-order valence-electron chi connectivity index (χ4n) is 2.09. The van der Waals surface area contributed by atoms with Gasteiger partial charge in [-0.1, -0.05) is 11.3 Å². The predicted molar refractivity (Wildman–Crippen MR) is 65.5 cm³/mol. The van der Waals surface area contributed by atoms with Crippen molar-refractivity contribution in [2.75, 3.05) is 11.9 Å². The average Bonchev–Trinajstić information content (AvgIpc) is 2.81. The van der Waals surface area contributed by atoms with E-state index < -0.39 is 5.97 Å². The van der Waals surface area contributed by atoms with Gasteiger partial charge in [0.15, 0.2) is 0 Å². The van der Waals surface area contributed by atoms with Crippen LogP contribution in [0.1, 0.15) is 19.8 Å². The molecule has 18 heavy (non-hydrogen) atoms. The molecule has 1 aromatic rings. The number of hydrogen-bond acceptors (Lipinski definition) is 5. The first kappa shape index (κ1) is 12.7. The largest absolute Gasteiger partial charge is 0.481 e. The molecule has 8 heteroatoms. The van der Waals surface area contributed by atoms with E-state index in [9.17, 15) is 9.59 Å². The highest BCUT2D eigenvalue weighted by Gasteiger charge is 2.32. The van der Waals surface area contributed by atoms with Crippen molar-refractivity contribution in [3.63, 3.8) is 0 Å². The summed E-state index contributed by atoms with van der Waals surface area (Å²) < 4.78 is 0. The number of nitrogens with one attached hydrogen (secondary N) is 1. The van der Waals surface area contributed by atoms with Gasteiger partial charge in [-0.05, 0) is 19.8 Å². The molecule has 2 amide bonds. The molecular weight excluding hydrogens is 256 g/mol. The molecule has 0 bridgehead atoms. The van der Waals surface area contributed by atoms with Crippen molar-refractivity contribution in [1.82, 2.24) is 15.1 Å². The van der Waals surface area contributed by atoms with Gasteiger partial charge in [0, 0.05) is 12.6 Å². The maximum Gasteiger partial charge on any atom is 0.323 e. The molecule has 1 aromatic heterocycles. The van der Waals surface area contributed by atoms with Crippen LogP contribution in [0.15, 0.2) is 5.51 Å². The Morgan fingerprint density at radius 2 is 2.39 bits per heavy atom. The fourth-order valence-corrected chi connectivity index (χ4v) is 2.52. The van der Waals surface area contributed by atoms with Crippen molar-refractivity contribution in [2.45, 2.75) is 25.8 Å². The summed E-state index contributed by atoms with van der Waals surface area (Å²) in [4.78, 5) is 24.5. The summed E-state index contributed by atoms with van der Waals surface area (Å²) in [6.07, 6.45) is 0.974. The summed E-state index contributed by atoms with van der Waals surface area (Å²) in [5.41, 5.74) is 1.54. The molecule has 2 N–H and O–H groups in total. The Bertz CT molecular complexity index is 436. The topological polar surface area (TPSA) is 95.4 Å². The maximum atomic E-state index is 12.0. The molecule has 1 aliphatic heterocycles. The second-order valence-corrected chi connectivity index (χ2v) is 5.11. The third-order valence-electron chi connectivity index (χ3n) is 3.06. The lowest BCUT2D eigenvalue weighted by Crippen LogP contribution is -2.47. The number of hydrogen-bond donors (Lipinski definition) is 2. The smallest absolute Gasteiger partial charge is 0.323 e. The molecule has 0 radical (unpaired) electrons. The van der Waals surface area contributed by atoms with Crippen LogP contribution in [0.4, 0.5) is 9.93 Å². The molecule has 0 aromatic carbocycles. The van der Waals surface area contributed by atoms with Crippen LogP contribution in [0.2, 0.25) is 0 Å². The van der Waals surface area contributed by atoms with Crippen LogP contribution in [0.3, 0.4) is 0 Å². The van der Waals surface area contributed by atoms with Crippen LogP contribution >= 0.6 is 11.3 Å². The van der Waals surface area contributed by atoms with Crippen LogP contribution in [0, 0.1) is 5.92 Å². The number of carboxylic acids is 1. The van der Waals surface area contributed by atoms with Gasteiger partial charge >= 0.3 is 12.0 Å². The highest BCUT2D eigenvalue weighted by atomic mass is 32.1. The Hall–Kier alpha value is -1.70. The van der Waals surface area contributed by atoms with Gasteiger partial charge in [0.2, 0.25) is 5.13 Å². The monoisotopic (exact) mass is 270 g/mol. The van der Waals surface area contributed by atoms with E-state index in [4.69, 9.17) is 5.11 Å². The standard InChI is InChI=1S/C10H14N4O3S/c1-6-4-7(8(15)16)2-3-14(6)10(17)12-9-13-11-5-18-9/h5-7H,2-4H2,1H3,(H,15,16)(H,12,13,17). The van der Waals surface area contributed by atoms with Crippen molar-refractivity contribution < 1.29 is 14.7 Å². The number of carboxylic acid groups (broad SMARTS) is 1. The van der Waals surface area contributed by atoms with E-state index >= 15 is 0 Å². The van der Waals surface area contributed by atoms with Gasteiger partial charge < -0.3 is 10.0 Å². The zero-order valence-electron chi connectivity index (χ0n) is 9.87. The Morgan fingerprint density at radius 3 is 2.94 bits per heavy atom. The lowest BCUT2D eigenvalue weighted by Gasteiger charge is -2.35. The minimum atomic E-state index is -0.786. The number of nitrogens with zero attached hydrogens (tertiary/aromatic N) is 3. The number of amides is 2. The van der Waals surface area contributed by atoms with Crippen LogP contribution in [0.5, 0.6) is 0 Å². The summed E-state index contributed by atoms with van der Waals surface area (Å²) in [6, 6.07) is -0.337. The van der Waals surface area contributed by atoms with Crippen LogP contribution in [-0.2, 0) is 4.79 Å². The second-order valence-electron chi connectivity index (χ2n) is 4.28. The molecule has 2 atom stereocenters. The molecule has 1 aliphatic rings. The van der Waals surface area contributed by atoms with Gasteiger partial charge in [-0.2, -0.15) is 0 Å². The third kappa shape index (κ3) is 2.76. The van der Waals surface area contributed by atoms with E-state index in [-0.39, 0.29) is 18.0 Å². The van der Waals surface area contributed by atoms with Crippen LogP contribution in [0.25, 0.3) is 0 Å². The van der Waals surface area contributed by atoms with Gasteiger partial charge in [-0.25, -0.2) is 4.79 Å². The minimum absolute atomic E-state index is 0.0900. The number of anilines is 1. The summed E-state index contributed by atoms with van der Waals surface area (Å²) in [5.74, 6) is -1.14. The van der Waals surface area contributed by atoms with Gasteiger partial charge in [-0.15, -0.1) is 10.2 Å². The Kier molecular flexibility index (Phi) is 3.75.